The summed E-state index contributed by atoms with van der Waals surface area (Å²) >= 11 is 0. The average molecular weight is 353 g/mol. The second kappa shape index (κ2) is 9.15. The summed E-state index contributed by atoms with van der Waals surface area (Å²) < 4.78 is 0. The van der Waals surface area contributed by atoms with Crippen LogP contribution in [0.3, 0.4) is 0 Å². The van der Waals surface area contributed by atoms with Gasteiger partial charge in [0.2, 0.25) is 0 Å². The van der Waals surface area contributed by atoms with Gasteiger partial charge in [0, 0.05) is 19.2 Å². The summed E-state index contributed by atoms with van der Waals surface area (Å²) in [6.45, 7) is 8.98. The van der Waals surface area contributed by atoms with Gasteiger partial charge in [-0.3, -0.25) is 14.5 Å². The van der Waals surface area contributed by atoms with Crippen LogP contribution in [0.1, 0.15) is 45.7 Å². The van der Waals surface area contributed by atoms with Gasteiger partial charge in [0.05, 0.1) is 11.3 Å². The van der Waals surface area contributed by atoms with Crippen molar-refractivity contribution >= 4 is 17.5 Å². The van der Waals surface area contributed by atoms with Gasteiger partial charge in [-0.25, -0.2) is 0 Å². The smallest absolute Gasteiger partial charge is 0.255 e. The Hall–Kier alpha value is -2.66. The van der Waals surface area contributed by atoms with E-state index in [1.165, 1.54) is 5.56 Å². The second-order valence-corrected chi connectivity index (χ2v) is 6.19. The fourth-order valence-electron chi connectivity index (χ4n) is 2.86. The van der Waals surface area contributed by atoms with Crippen molar-refractivity contribution in [2.45, 2.75) is 27.3 Å². The number of nitrogens with zero attached hydrogens (tertiary/aromatic N) is 1. The molecular formula is C21H27N3O2. The maximum Gasteiger partial charge on any atom is 0.255 e. The van der Waals surface area contributed by atoms with E-state index >= 15 is 0 Å². The molecule has 2 aromatic carbocycles. The zero-order chi connectivity index (χ0) is 19.1. The number of hydrogen-bond donors (Lipinski definition) is 2. The van der Waals surface area contributed by atoms with Crippen molar-refractivity contribution in [3.8, 4) is 0 Å². The Balaban J connectivity index is 2.16. The van der Waals surface area contributed by atoms with Crippen molar-refractivity contribution in [3.05, 3.63) is 64.7 Å². The molecule has 0 aliphatic rings. The standard InChI is InChI=1S/C21H27N3O2/c1-5-24(6-2)14-16-10-12-17(13-11-16)20(25)23-18-9-7-8-15(3)19(18)21(26)22-4/h7-13H,5-6,14H2,1-4H3,(H,22,26)(H,23,25). The van der Waals surface area contributed by atoms with Crippen LogP contribution in [0.15, 0.2) is 42.5 Å². The molecule has 26 heavy (non-hydrogen) atoms. The summed E-state index contributed by atoms with van der Waals surface area (Å²) in [6.07, 6.45) is 0. The van der Waals surface area contributed by atoms with Crippen LogP contribution in [0.25, 0.3) is 0 Å². The van der Waals surface area contributed by atoms with Crippen molar-refractivity contribution in [2.24, 2.45) is 0 Å². The van der Waals surface area contributed by atoms with Crippen LogP contribution in [-0.2, 0) is 6.54 Å². The highest BCUT2D eigenvalue weighted by atomic mass is 16.2. The predicted octanol–water partition coefficient (Wildman–Crippen LogP) is 3.45. The second-order valence-electron chi connectivity index (χ2n) is 6.19. The van der Waals surface area contributed by atoms with E-state index in [4.69, 9.17) is 0 Å². The molecule has 0 spiro atoms. The molecule has 0 saturated carbocycles. The molecular weight excluding hydrogens is 326 g/mol. The van der Waals surface area contributed by atoms with Crippen molar-refractivity contribution in [1.82, 2.24) is 10.2 Å². The Kier molecular flexibility index (Phi) is 6.92. The number of aryl methyl sites for hydroxylation is 1. The van der Waals surface area contributed by atoms with Crippen LogP contribution in [0.2, 0.25) is 0 Å². The molecule has 0 radical (unpaired) electrons. The molecule has 0 aromatic heterocycles. The van der Waals surface area contributed by atoms with Crippen molar-refractivity contribution < 1.29 is 9.59 Å². The van der Waals surface area contributed by atoms with Crippen LogP contribution in [0, 0.1) is 6.92 Å². The highest BCUT2D eigenvalue weighted by Gasteiger charge is 2.15. The van der Waals surface area contributed by atoms with Gasteiger partial charge in [-0.15, -0.1) is 0 Å². The largest absolute Gasteiger partial charge is 0.355 e. The number of carbonyl (C=O) groups excluding carboxylic acids is 2. The lowest BCUT2D eigenvalue weighted by atomic mass is 10.0. The van der Waals surface area contributed by atoms with E-state index in [1.54, 1.807) is 13.1 Å². The Labute approximate surface area is 155 Å². The van der Waals surface area contributed by atoms with Gasteiger partial charge in [-0.2, -0.15) is 0 Å². The molecule has 0 heterocycles. The molecule has 138 valence electrons. The van der Waals surface area contributed by atoms with Crippen molar-refractivity contribution in [2.75, 3.05) is 25.5 Å². The van der Waals surface area contributed by atoms with Crippen molar-refractivity contribution in [1.29, 1.82) is 0 Å². The van der Waals surface area contributed by atoms with E-state index in [2.05, 4.69) is 29.4 Å². The minimum absolute atomic E-state index is 0.215. The highest BCUT2D eigenvalue weighted by molar-refractivity contribution is 6.09. The molecule has 0 fully saturated rings. The number of hydrogen-bond acceptors (Lipinski definition) is 3. The number of rotatable bonds is 7. The topological polar surface area (TPSA) is 61.4 Å². The van der Waals surface area contributed by atoms with E-state index < -0.39 is 0 Å². The molecule has 0 bridgehead atoms. The molecule has 5 heteroatoms. The maximum absolute atomic E-state index is 12.6. The lowest BCUT2D eigenvalue weighted by Crippen LogP contribution is -2.23. The van der Waals surface area contributed by atoms with Gasteiger partial charge in [0.25, 0.3) is 11.8 Å². The molecule has 0 aliphatic carbocycles. The van der Waals surface area contributed by atoms with E-state index in [0.717, 1.165) is 25.2 Å². The van der Waals surface area contributed by atoms with E-state index in [1.807, 2.05) is 43.3 Å². The van der Waals surface area contributed by atoms with Gasteiger partial charge >= 0.3 is 0 Å². The summed E-state index contributed by atoms with van der Waals surface area (Å²) in [6, 6.07) is 13.0. The Morgan fingerprint density at radius 1 is 0.962 bits per heavy atom. The van der Waals surface area contributed by atoms with Gasteiger partial charge in [-0.1, -0.05) is 38.1 Å². The molecule has 0 saturated heterocycles. The normalized spacial score (nSPS) is 10.7. The molecule has 5 nitrogen and oxygen atoms in total. The average Bonchev–Trinajstić information content (AvgIpc) is 2.66. The van der Waals surface area contributed by atoms with Crippen LogP contribution in [-0.4, -0.2) is 36.9 Å². The quantitative estimate of drug-likeness (QED) is 0.801. The Morgan fingerprint density at radius 2 is 1.62 bits per heavy atom. The summed E-state index contributed by atoms with van der Waals surface area (Å²) in [4.78, 5) is 27.0. The SMILES string of the molecule is CCN(CC)Cc1ccc(C(=O)Nc2cccc(C)c2C(=O)NC)cc1. The van der Waals surface area contributed by atoms with Crippen LogP contribution in [0.5, 0.6) is 0 Å². The molecule has 2 N–H and O–H groups in total. The van der Waals surface area contributed by atoms with Crippen LogP contribution >= 0.6 is 0 Å². The summed E-state index contributed by atoms with van der Waals surface area (Å²) in [7, 11) is 1.58. The number of benzene rings is 2. The Bertz CT molecular complexity index is 765. The van der Waals surface area contributed by atoms with E-state index in [9.17, 15) is 9.59 Å². The summed E-state index contributed by atoms with van der Waals surface area (Å²) in [5, 5.41) is 5.47. The minimum Gasteiger partial charge on any atom is -0.355 e. The highest BCUT2D eigenvalue weighted by Crippen LogP contribution is 2.20. The first kappa shape index (κ1) is 19.7. The zero-order valence-electron chi connectivity index (χ0n) is 15.9. The summed E-state index contributed by atoms with van der Waals surface area (Å²) in [5.41, 5.74) is 3.56. The van der Waals surface area contributed by atoms with Crippen molar-refractivity contribution in [3.63, 3.8) is 0 Å². The summed E-state index contributed by atoms with van der Waals surface area (Å²) in [5.74, 6) is -0.442. The Morgan fingerprint density at radius 3 is 2.19 bits per heavy atom. The molecule has 0 unspecified atom stereocenters. The van der Waals surface area contributed by atoms with E-state index in [-0.39, 0.29) is 11.8 Å². The molecule has 2 amide bonds. The van der Waals surface area contributed by atoms with Gasteiger partial charge in [0.1, 0.15) is 0 Å². The molecule has 0 atom stereocenters. The van der Waals surface area contributed by atoms with Gasteiger partial charge in [0.15, 0.2) is 0 Å². The fourth-order valence-corrected chi connectivity index (χ4v) is 2.86. The number of nitrogens with one attached hydrogen (secondary N) is 2. The fraction of sp³-hybridized carbons (Fsp3) is 0.333. The number of anilines is 1. The third-order valence-corrected chi connectivity index (χ3v) is 4.49. The molecule has 2 aromatic rings. The molecule has 2 rings (SSSR count). The predicted molar refractivity (Wildman–Crippen MR) is 106 cm³/mol. The third-order valence-electron chi connectivity index (χ3n) is 4.49. The van der Waals surface area contributed by atoms with Crippen LogP contribution < -0.4 is 10.6 Å². The first-order valence-corrected chi connectivity index (χ1v) is 8.94. The first-order chi connectivity index (χ1) is 12.5. The van der Waals surface area contributed by atoms with Crippen LogP contribution in [0.4, 0.5) is 5.69 Å². The zero-order valence-corrected chi connectivity index (χ0v) is 15.9. The lowest BCUT2D eigenvalue weighted by molar-refractivity contribution is 0.0963. The van der Waals surface area contributed by atoms with E-state index in [0.29, 0.717) is 16.8 Å². The van der Waals surface area contributed by atoms with Gasteiger partial charge in [-0.05, 0) is 49.3 Å². The lowest BCUT2D eigenvalue weighted by Gasteiger charge is -2.18. The maximum atomic E-state index is 12.6. The monoisotopic (exact) mass is 353 g/mol. The van der Waals surface area contributed by atoms with Gasteiger partial charge < -0.3 is 10.6 Å². The first-order valence-electron chi connectivity index (χ1n) is 8.94. The minimum atomic E-state index is -0.227. The third kappa shape index (κ3) is 4.70. The molecule has 0 aliphatic heterocycles. The number of carbonyl (C=O) groups is 2. The number of amides is 2.